The molecule has 0 spiro atoms. The van der Waals surface area contributed by atoms with E-state index in [1.807, 2.05) is 6.07 Å². The summed E-state index contributed by atoms with van der Waals surface area (Å²) in [6, 6.07) is 6.96. The third-order valence-electron chi connectivity index (χ3n) is 4.64. The second kappa shape index (κ2) is 6.33. The first-order valence-corrected chi connectivity index (χ1v) is 8.13. The minimum Gasteiger partial charge on any atom is -0.368 e. The molecule has 0 bridgehead atoms. The van der Waals surface area contributed by atoms with Crippen molar-refractivity contribution in [3.05, 3.63) is 28.8 Å². The summed E-state index contributed by atoms with van der Waals surface area (Å²) in [6.07, 6.45) is 5.01. The van der Waals surface area contributed by atoms with Crippen LogP contribution in [-0.2, 0) is 6.42 Å². The molecule has 2 heterocycles. The summed E-state index contributed by atoms with van der Waals surface area (Å²) in [4.78, 5) is 5.18. The number of nitrogens with zero attached hydrogens (tertiary/aromatic N) is 2. The van der Waals surface area contributed by atoms with Gasteiger partial charge in [-0.3, -0.25) is 4.90 Å². The van der Waals surface area contributed by atoms with Gasteiger partial charge in [0, 0.05) is 36.4 Å². The van der Waals surface area contributed by atoms with Crippen molar-refractivity contribution in [2.75, 3.05) is 37.6 Å². The summed E-state index contributed by atoms with van der Waals surface area (Å²) in [5.41, 5.74) is 8.38. The molecule has 3 rings (SSSR count). The fourth-order valence-electron chi connectivity index (χ4n) is 3.57. The van der Waals surface area contributed by atoms with Gasteiger partial charge >= 0.3 is 0 Å². The molecule has 1 unspecified atom stereocenters. The van der Waals surface area contributed by atoms with Crippen molar-refractivity contribution in [2.24, 2.45) is 5.73 Å². The van der Waals surface area contributed by atoms with Gasteiger partial charge in [-0.05, 0) is 50.0 Å². The molecule has 2 aliphatic rings. The summed E-state index contributed by atoms with van der Waals surface area (Å²) in [5, 5.41) is 0.826. The van der Waals surface area contributed by atoms with Crippen molar-refractivity contribution in [3.8, 4) is 0 Å². The number of halogens is 1. The van der Waals surface area contributed by atoms with Crippen molar-refractivity contribution in [3.63, 3.8) is 0 Å². The summed E-state index contributed by atoms with van der Waals surface area (Å²) in [7, 11) is 0. The maximum absolute atomic E-state index is 6.21. The topological polar surface area (TPSA) is 32.5 Å². The van der Waals surface area contributed by atoms with Crippen LogP contribution in [0.4, 0.5) is 5.69 Å². The Bertz CT molecular complexity index is 463. The molecule has 0 aliphatic carbocycles. The van der Waals surface area contributed by atoms with Gasteiger partial charge < -0.3 is 10.6 Å². The Kier molecular flexibility index (Phi) is 4.49. The standard InChI is InChI=1S/C16H24ClN3/c17-14-5-4-13(6-7-18)16(11-14)20-10-9-19-8-2-1-3-15(19)12-20/h4-5,11,15H,1-3,6-10,12,18H2. The number of benzene rings is 1. The molecule has 110 valence electrons. The lowest BCUT2D eigenvalue weighted by atomic mass is 9.98. The Morgan fingerprint density at radius 3 is 2.95 bits per heavy atom. The number of hydrogen-bond donors (Lipinski definition) is 1. The summed E-state index contributed by atoms with van der Waals surface area (Å²) in [6.45, 7) is 5.40. The van der Waals surface area contributed by atoms with E-state index in [4.69, 9.17) is 17.3 Å². The SMILES string of the molecule is NCCc1ccc(Cl)cc1N1CCN2CCCCC2C1. The third-order valence-corrected chi connectivity index (χ3v) is 4.87. The van der Waals surface area contributed by atoms with Gasteiger partial charge in [-0.25, -0.2) is 0 Å². The zero-order valence-corrected chi connectivity index (χ0v) is 12.8. The monoisotopic (exact) mass is 293 g/mol. The van der Waals surface area contributed by atoms with E-state index < -0.39 is 0 Å². The highest BCUT2D eigenvalue weighted by Crippen LogP contribution is 2.29. The molecular formula is C16H24ClN3. The Balaban J connectivity index is 1.80. The van der Waals surface area contributed by atoms with Gasteiger partial charge in [-0.15, -0.1) is 0 Å². The van der Waals surface area contributed by atoms with Crippen LogP contribution in [0.25, 0.3) is 0 Å². The minimum absolute atomic E-state index is 0.692. The zero-order chi connectivity index (χ0) is 13.9. The number of piperidine rings is 1. The fraction of sp³-hybridized carbons (Fsp3) is 0.625. The molecular weight excluding hydrogens is 270 g/mol. The largest absolute Gasteiger partial charge is 0.368 e. The molecule has 0 aromatic heterocycles. The highest BCUT2D eigenvalue weighted by molar-refractivity contribution is 6.30. The third kappa shape index (κ3) is 2.95. The van der Waals surface area contributed by atoms with E-state index >= 15 is 0 Å². The fourth-order valence-corrected chi connectivity index (χ4v) is 3.74. The van der Waals surface area contributed by atoms with Gasteiger partial charge in [0.25, 0.3) is 0 Å². The second-order valence-electron chi connectivity index (χ2n) is 5.94. The average molecular weight is 294 g/mol. The summed E-state index contributed by atoms with van der Waals surface area (Å²) < 4.78 is 0. The normalized spacial score (nSPS) is 23.7. The lowest BCUT2D eigenvalue weighted by Crippen LogP contribution is -2.55. The Morgan fingerprint density at radius 2 is 2.10 bits per heavy atom. The predicted molar refractivity (Wildman–Crippen MR) is 85.6 cm³/mol. The van der Waals surface area contributed by atoms with E-state index in [0.29, 0.717) is 6.54 Å². The van der Waals surface area contributed by atoms with Gasteiger partial charge in [-0.1, -0.05) is 24.1 Å². The molecule has 20 heavy (non-hydrogen) atoms. The summed E-state index contributed by atoms with van der Waals surface area (Å²) in [5.74, 6) is 0. The predicted octanol–water partition coefficient (Wildman–Crippen LogP) is 2.52. The first kappa shape index (κ1) is 14.2. The lowest BCUT2D eigenvalue weighted by Gasteiger charge is -2.45. The van der Waals surface area contributed by atoms with Gasteiger partial charge in [0.1, 0.15) is 0 Å². The van der Waals surface area contributed by atoms with Crippen molar-refractivity contribution < 1.29 is 0 Å². The van der Waals surface area contributed by atoms with Crippen molar-refractivity contribution in [2.45, 2.75) is 31.7 Å². The van der Waals surface area contributed by atoms with Crippen LogP contribution in [-0.4, -0.2) is 43.7 Å². The van der Waals surface area contributed by atoms with E-state index in [1.54, 1.807) is 0 Å². The molecule has 2 saturated heterocycles. The molecule has 0 amide bonds. The number of nitrogens with two attached hydrogens (primary N) is 1. The number of piperazine rings is 1. The lowest BCUT2D eigenvalue weighted by molar-refractivity contribution is 0.133. The van der Waals surface area contributed by atoms with Crippen LogP contribution >= 0.6 is 11.6 Å². The molecule has 0 radical (unpaired) electrons. The molecule has 2 fully saturated rings. The molecule has 1 aromatic carbocycles. The Hall–Kier alpha value is -0.770. The second-order valence-corrected chi connectivity index (χ2v) is 6.38. The molecule has 1 atom stereocenters. The van der Waals surface area contributed by atoms with Crippen LogP contribution in [0.2, 0.25) is 5.02 Å². The maximum atomic E-state index is 6.21. The highest BCUT2D eigenvalue weighted by atomic mass is 35.5. The first-order chi connectivity index (χ1) is 9.78. The van der Waals surface area contributed by atoms with Crippen molar-refractivity contribution in [1.29, 1.82) is 0 Å². The number of anilines is 1. The number of rotatable bonds is 3. The van der Waals surface area contributed by atoms with Crippen LogP contribution in [0.1, 0.15) is 24.8 Å². The van der Waals surface area contributed by atoms with Crippen LogP contribution < -0.4 is 10.6 Å². The summed E-state index contributed by atoms with van der Waals surface area (Å²) >= 11 is 6.21. The minimum atomic E-state index is 0.692. The van der Waals surface area contributed by atoms with Crippen LogP contribution in [0.5, 0.6) is 0 Å². The number of fused-ring (bicyclic) bond motifs is 1. The molecule has 3 nitrogen and oxygen atoms in total. The van der Waals surface area contributed by atoms with E-state index in [-0.39, 0.29) is 0 Å². The van der Waals surface area contributed by atoms with E-state index in [1.165, 1.54) is 43.6 Å². The van der Waals surface area contributed by atoms with Gasteiger partial charge in [0.05, 0.1) is 0 Å². The molecule has 2 N–H and O–H groups in total. The molecule has 2 aliphatic heterocycles. The van der Waals surface area contributed by atoms with Crippen LogP contribution in [0.15, 0.2) is 18.2 Å². The first-order valence-electron chi connectivity index (χ1n) is 7.75. The van der Waals surface area contributed by atoms with E-state index in [0.717, 1.165) is 30.6 Å². The van der Waals surface area contributed by atoms with Gasteiger partial charge in [0.15, 0.2) is 0 Å². The average Bonchev–Trinajstić information content (AvgIpc) is 2.49. The number of hydrogen-bond acceptors (Lipinski definition) is 3. The van der Waals surface area contributed by atoms with Crippen LogP contribution in [0.3, 0.4) is 0 Å². The Morgan fingerprint density at radius 1 is 1.20 bits per heavy atom. The smallest absolute Gasteiger partial charge is 0.0426 e. The van der Waals surface area contributed by atoms with E-state index in [2.05, 4.69) is 21.9 Å². The Labute approximate surface area is 126 Å². The zero-order valence-electron chi connectivity index (χ0n) is 12.0. The molecule has 0 saturated carbocycles. The van der Waals surface area contributed by atoms with Gasteiger partial charge in [-0.2, -0.15) is 0 Å². The maximum Gasteiger partial charge on any atom is 0.0426 e. The highest BCUT2D eigenvalue weighted by Gasteiger charge is 2.29. The quantitative estimate of drug-likeness (QED) is 0.929. The molecule has 4 heteroatoms. The van der Waals surface area contributed by atoms with Crippen molar-refractivity contribution >= 4 is 17.3 Å². The van der Waals surface area contributed by atoms with Crippen molar-refractivity contribution in [1.82, 2.24) is 4.90 Å². The van der Waals surface area contributed by atoms with E-state index in [9.17, 15) is 0 Å². The molecule has 1 aromatic rings. The van der Waals surface area contributed by atoms with Crippen LogP contribution in [0, 0.1) is 0 Å². The van der Waals surface area contributed by atoms with Gasteiger partial charge in [0.2, 0.25) is 0 Å².